The van der Waals surface area contributed by atoms with Gasteiger partial charge in [0.15, 0.2) is 0 Å². The van der Waals surface area contributed by atoms with Crippen LogP contribution >= 0.6 is 15.9 Å². The zero-order valence-electron chi connectivity index (χ0n) is 10.9. The maximum absolute atomic E-state index is 8.71. The van der Waals surface area contributed by atoms with Crippen LogP contribution in [0.5, 0.6) is 0 Å². The van der Waals surface area contributed by atoms with Crippen LogP contribution in [0.2, 0.25) is 0 Å². The highest BCUT2D eigenvalue weighted by Crippen LogP contribution is 2.20. The van der Waals surface area contributed by atoms with Crippen molar-refractivity contribution in [3.63, 3.8) is 0 Å². The van der Waals surface area contributed by atoms with Crippen LogP contribution in [-0.4, -0.2) is 46.5 Å². The Bertz CT molecular complexity index is 366. The third kappa shape index (κ3) is 6.70. The van der Waals surface area contributed by atoms with Gasteiger partial charge in [0.05, 0.1) is 4.47 Å². The Hall–Kier alpha value is -0.920. The van der Waals surface area contributed by atoms with Gasteiger partial charge in [-0.15, -0.1) is 0 Å². The van der Waals surface area contributed by atoms with Crippen molar-refractivity contribution in [2.45, 2.75) is 25.7 Å². The van der Waals surface area contributed by atoms with Gasteiger partial charge >= 0.3 is 0 Å². The molecule has 7 heteroatoms. The number of halogens is 1. The van der Waals surface area contributed by atoms with Crippen LogP contribution in [0, 0.1) is 0 Å². The molecule has 1 heterocycles. The summed E-state index contributed by atoms with van der Waals surface area (Å²) in [7, 11) is 0. The van der Waals surface area contributed by atoms with E-state index in [0.717, 1.165) is 49.1 Å². The fourth-order valence-electron chi connectivity index (χ4n) is 1.46. The molecule has 0 aliphatic heterocycles. The van der Waals surface area contributed by atoms with E-state index in [1.807, 2.05) is 0 Å². The highest BCUT2D eigenvalue weighted by atomic mass is 79.9. The molecule has 0 atom stereocenters. The van der Waals surface area contributed by atoms with Gasteiger partial charge in [0, 0.05) is 32.5 Å². The summed E-state index contributed by atoms with van der Waals surface area (Å²) in [5.41, 5.74) is 0. The average molecular weight is 333 g/mol. The summed E-state index contributed by atoms with van der Waals surface area (Å²) in [5.74, 6) is 1.32. The van der Waals surface area contributed by atoms with E-state index >= 15 is 0 Å². The predicted octanol–water partition coefficient (Wildman–Crippen LogP) is 1.61. The van der Waals surface area contributed by atoms with Gasteiger partial charge in [0.25, 0.3) is 0 Å². The second-order valence-corrected chi connectivity index (χ2v) is 4.96. The molecule has 0 amide bonds. The van der Waals surface area contributed by atoms with Crippen LogP contribution in [0.25, 0.3) is 0 Å². The molecule has 0 bridgehead atoms. The van der Waals surface area contributed by atoms with E-state index < -0.39 is 0 Å². The van der Waals surface area contributed by atoms with E-state index in [-0.39, 0.29) is 13.2 Å². The molecule has 0 spiro atoms. The van der Waals surface area contributed by atoms with E-state index in [4.69, 9.17) is 10.2 Å². The maximum Gasteiger partial charge on any atom is 0.224 e. The maximum atomic E-state index is 8.71. The number of unbranched alkanes of at least 4 members (excludes halogenated alkanes) is 2. The van der Waals surface area contributed by atoms with Gasteiger partial charge in [-0.25, -0.2) is 4.98 Å². The number of hydrogen-bond acceptors (Lipinski definition) is 6. The summed E-state index contributed by atoms with van der Waals surface area (Å²) in [6.07, 6.45) is 5.04. The standard InChI is InChI=1S/C12H21BrN4O2/c13-10-9-16-12(15-6-2-4-8-19)17-11(10)14-5-1-3-7-18/h9,18-19H,1-8H2,(H2,14,15,16,17). The van der Waals surface area contributed by atoms with E-state index in [2.05, 4.69) is 36.5 Å². The molecule has 0 aliphatic carbocycles. The SMILES string of the molecule is OCCCCNc1ncc(Br)c(NCCCCO)n1. The van der Waals surface area contributed by atoms with Crippen molar-refractivity contribution in [1.29, 1.82) is 0 Å². The first-order valence-corrected chi connectivity index (χ1v) is 7.29. The van der Waals surface area contributed by atoms with Crippen LogP contribution < -0.4 is 10.6 Å². The van der Waals surface area contributed by atoms with Crippen molar-refractivity contribution in [3.8, 4) is 0 Å². The van der Waals surface area contributed by atoms with Gasteiger partial charge in [-0.3, -0.25) is 0 Å². The lowest BCUT2D eigenvalue weighted by Crippen LogP contribution is -2.10. The predicted molar refractivity (Wildman–Crippen MR) is 79.4 cm³/mol. The number of rotatable bonds is 10. The summed E-state index contributed by atoms with van der Waals surface area (Å²) < 4.78 is 0.817. The van der Waals surface area contributed by atoms with Crippen molar-refractivity contribution in [2.24, 2.45) is 0 Å². The third-order valence-corrected chi connectivity index (χ3v) is 3.07. The van der Waals surface area contributed by atoms with E-state index in [0.29, 0.717) is 5.95 Å². The zero-order chi connectivity index (χ0) is 13.9. The fraction of sp³-hybridized carbons (Fsp3) is 0.667. The molecule has 0 fully saturated rings. The Balaban J connectivity index is 2.42. The molecule has 1 aromatic rings. The highest BCUT2D eigenvalue weighted by molar-refractivity contribution is 9.10. The smallest absolute Gasteiger partial charge is 0.224 e. The number of aliphatic hydroxyl groups is 2. The summed E-state index contributed by atoms with van der Waals surface area (Å²) in [6.45, 7) is 1.93. The van der Waals surface area contributed by atoms with Gasteiger partial charge in [-0.05, 0) is 41.6 Å². The first kappa shape index (κ1) is 16.1. The molecule has 0 radical (unpaired) electrons. The van der Waals surface area contributed by atoms with Gasteiger partial charge in [-0.1, -0.05) is 0 Å². The number of nitrogens with zero attached hydrogens (tertiary/aromatic N) is 2. The number of aromatic nitrogens is 2. The minimum absolute atomic E-state index is 0.209. The quantitative estimate of drug-likeness (QED) is 0.487. The Morgan fingerprint density at radius 3 is 2.26 bits per heavy atom. The van der Waals surface area contributed by atoms with E-state index in [9.17, 15) is 0 Å². The molecule has 1 rings (SSSR count). The molecule has 0 aromatic carbocycles. The monoisotopic (exact) mass is 332 g/mol. The second-order valence-electron chi connectivity index (χ2n) is 4.11. The highest BCUT2D eigenvalue weighted by Gasteiger charge is 2.04. The van der Waals surface area contributed by atoms with Crippen LogP contribution in [0.15, 0.2) is 10.7 Å². The van der Waals surface area contributed by atoms with Crippen molar-refractivity contribution in [1.82, 2.24) is 9.97 Å². The summed E-state index contributed by atoms with van der Waals surface area (Å²) >= 11 is 3.39. The Morgan fingerprint density at radius 2 is 1.63 bits per heavy atom. The Kier molecular flexibility index (Phi) is 8.44. The Labute approximate surface area is 121 Å². The molecule has 0 unspecified atom stereocenters. The molecule has 4 N–H and O–H groups in total. The average Bonchev–Trinajstić information content (AvgIpc) is 2.42. The normalized spacial score (nSPS) is 10.5. The van der Waals surface area contributed by atoms with Gasteiger partial charge in [-0.2, -0.15) is 4.98 Å². The molecule has 6 nitrogen and oxygen atoms in total. The second kappa shape index (κ2) is 9.94. The first-order valence-electron chi connectivity index (χ1n) is 6.50. The zero-order valence-corrected chi connectivity index (χ0v) is 12.5. The number of aliphatic hydroxyl groups excluding tert-OH is 2. The number of nitrogens with one attached hydrogen (secondary N) is 2. The Morgan fingerprint density at radius 1 is 1.00 bits per heavy atom. The fourth-order valence-corrected chi connectivity index (χ4v) is 1.79. The number of hydrogen-bond donors (Lipinski definition) is 4. The van der Waals surface area contributed by atoms with Crippen molar-refractivity contribution >= 4 is 27.7 Å². The molecular formula is C12H21BrN4O2. The summed E-state index contributed by atoms with van der Waals surface area (Å²) in [5, 5.41) is 23.7. The van der Waals surface area contributed by atoms with Crippen LogP contribution in [0.3, 0.4) is 0 Å². The van der Waals surface area contributed by atoms with Crippen molar-refractivity contribution < 1.29 is 10.2 Å². The molecule has 1 aromatic heterocycles. The molecule has 19 heavy (non-hydrogen) atoms. The summed E-state index contributed by atoms with van der Waals surface area (Å²) in [4.78, 5) is 8.53. The van der Waals surface area contributed by atoms with Gasteiger partial charge in [0.2, 0.25) is 5.95 Å². The third-order valence-electron chi connectivity index (χ3n) is 2.49. The molecule has 0 saturated heterocycles. The van der Waals surface area contributed by atoms with Gasteiger partial charge in [0.1, 0.15) is 5.82 Å². The van der Waals surface area contributed by atoms with E-state index in [1.165, 1.54) is 0 Å². The minimum Gasteiger partial charge on any atom is -0.396 e. The largest absolute Gasteiger partial charge is 0.396 e. The lowest BCUT2D eigenvalue weighted by molar-refractivity contribution is 0.286. The van der Waals surface area contributed by atoms with E-state index in [1.54, 1.807) is 6.20 Å². The molecule has 108 valence electrons. The topological polar surface area (TPSA) is 90.3 Å². The van der Waals surface area contributed by atoms with Crippen molar-refractivity contribution in [2.75, 3.05) is 36.9 Å². The van der Waals surface area contributed by atoms with Crippen molar-refractivity contribution in [3.05, 3.63) is 10.7 Å². The molecule has 0 aliphatic rings. The first-order chi connectivity index (χ1) is 9.27. The lowest BCUT2D eigenvalue weighted by atomic mass is 10.3. The molecule has 0 saturated carbocycles. The van der Waals surface area contributed by atoms with Crippen LogP contribution in [-0.2, 0) is 0 Å². The summed E-state index contributed by atoms with van der Waals surface area (Å²) in [6, 6.07) is 0. The van der Waals surface area contributed by atoms with Crippen LogP contribution in [0.1, 0.15) is 25.7 Å². The molecular weight excluding hydrogens is 312 g/mol. The number of anilines is 2. The van der Waals surface area contributed by atoms with Gasteiger partial charge < -0.3 is 20.8 Å². The lowest BCUT2D eigenvalue weighted by Gasteiger charge is -2.09. The minimum atomic E-state index is 0.209. The van der Waals surface area contributed by atoms with Crippen LogP contribution in [0.4, 0.5) is 11.8 Å².